The third kappa shape index (κ3) is 3.69. The normalized spacial score (nSPS) is 10.1. The Morgan fingerprint density at radius 2 is 2.10 bits per heavy atom. The first-order valence-corrected chi connectivity index (χ1v) is 6.71. The first kappa shape index (κ1) is 14.8. The SMILES string of the molecule is CN(CC(=O)Nc1ccc(C(=O)O)s1)C(=O)c1ccco1. The number of thiophene rings is 1. The van der Waals surface area contributed by atoms with Crippen LogP contribution in [0.1, 0.15) is 20.2 Å². The van der Waals surface area contributed by atoms with Gasteiger partial charge in [0.2, 0.25) is 5.91 Å². The Labute approximate surface area is 123 Å². The molecule has 0 aromatic carbocycles. The predicted molar refractivity (Wildman–Crippen MR) is 75.6 cm³/mol. The third-order valence-electron chi connectivity index (χ3n) is 2.54. The lowest BCUT2D eigenvalue weighted by Gasteiger charge is -2.14. The molecule has 0 aliphatic rings. The molecule has 2 heterocycles. The van der Waals surface area contributed by atoms with Crippen LogP contribution in [0, 0.1) is 0 Å². The molecule has 0 unspecified atom stereocenters. The van der Waals surface area contributed by atoms with E-state index in [1.54, 1.807) is 6.07 Å². The van der Waals surface area contributed by atoms with Crippen LogP contribution >= 0.6 is 11.3 Å². The highest BCUT2D eigenvalue weighted by Crippen LogP contribution is 2.21. The van der Waals surface area contributed by atoms with E-state index in [2.05, 4.69) is 5.32 Å². The van der Waals surface area contributed by atoms with E-state index in [1.807, 2.05) is 0 Å². The number of hydrogen-bond acceptors (Lipinski definition) is 5. The molecule has 0 saturated carbocycles. The van der Waals surface area contributed by atoms with Gasteiger partial charge in [-0.05, 0) is 24.3 Å². The molecule has 2 N–H and O–H groups in total. The zero-order chi connectivity index (χ0) is 15.4. The fourth-order valence-corrected chi connectivity index (χ4v) is 2.33. The second-order valence-corrected chi connectivity index (χ2v) is 5.24. The first-order chi connectivity index (χ1) is 9.97. The fraction of sp³-hybridized carbons (Fsp3) is 0.154. The highest BCUT2D eigenvalue weighted by Gasteiger charge is 2.17. The summed E-state index contributed by atoms with van der Waals surface area (Å²) in [6.07, 6.45) is 1.38. The topological polar surface area (TPSA) is 99.9 Å². The number of anilines is 1. The van der Waals surface area contributed by atoms with E-state index >= 15 is 0 Å². The molecule has 0 spiro atoms. The smallest absolute Gasteiger partial charge is 0.345 e. The lowest BCUT2D eigenvalue weighted by molar-refractivity contribution is -0.116. The molecule has 2 amide bonds. The van der Waals surface area contributed by atoms with Crippen molar-refractivity contribution in [3.8, 4) is 0 Å². The van der Waals surface area contributed by atoms with Crippen LogP contribution in [0.4, 0.5) is 5.00 Å². The molecule has 8 heteroatoms. The Balaban J connectivity index is 1.91. The Bertz CT molecular complexity index is 662. The standard InChI is InChI=1S/C13H12N2O5S/c1-15(12(17)8-3-2-6-20-8)7-10(16)14-11-5-4-9(21-11)13(18)19/h2-6H,7H2,1H3,(H,14,16)(H,18,19). The van der Waals surface area contributed by atoms with Crippen molar-refractivity contribution in [1.29, 1.82) is 0 Å². The maximum atomic E-state index is 11.9. The molecule has 2 aromatic heterocycles. The van der Waals surface area contributed by atoms with Gasteiger partial charge in [0, 0.05) is 7.05 Å². The first-order valence-electron chi connectivity index (χ1n) is 5.89. The molecule has 0 bridgehead atoms. The van der Waals surface area contributed by atoms with Crippen molar-refractivity contribution >= 4 is 34.1 Å². The number of nitrogens with one attached hydrogen (secondary N) is 1. The number of carbonyl (C=O) groups excluding carboxylic acids is 2. The average molecular weight is 308 g/mol. The monoisotopic (exact) mass is 308 g/mol. The minimum absolute atomic E-state index is 0.130. The average Bonchev–Trinajstić information content (AvgIpc) is 3.08. The summed E-state index contributed by atoms with van der Waals surface area (Å²) in [7, 11) is 1.47. The van der Waals surface area contributed by atoms with Crippen molar-refractivity contribution in [2.75, 3.05) is 18.9 Å². The summed E-state index contributed by atoms with van der Waals surface area (Å²) < 4.78 is 4.96. The Kier molecular flexibility index (Phi) is 4.39. The summed E-state index contributed by atoms with van der Waals surface area (Å²) >= 11 is 0.949. The highest BCUT2D eigenvalue weighted by molar-refractivity contribution is 7.18. The van der Waals surface area contributed by atoms with E-state index in [0.29, 0.717) is 5.00 Å². The van der Waals surface area contributed by atoms with Crippen LogP contribution < -0.4 is 5.32 Å². The molecule has 110 valence electrons. The van der Waals surface area contributed by atoms with Crippen LogP contribution in [-0.4, -0.2) is 41.4 Å². The summed E-state index contributed by atoms with van der Waals surface area (Å²) in [6, 6.07) is 6.00. The lowest BCUT2D eigenvalue weighted by atomic mass is 10.4. The molecular weight excluding hydrogens is 296 g/mol. The van der Waals surface area contributed by atoms with Crippen molar-refractivity contribution in [1.82, 2.24) is 4.90 Å². The second kappa shape index (κ2) is 6.23. The zero-order valence-electron chi connectivity index (χ0n) is 11.0. The van der Waals surface area contributed by atoms with Gasteiger partial charge in [0.25, 0.3) is 5.91 Å². The molecule has 0 fully saturated rings. The van der Waals surface area contributed by atoms with Crippen LogP contribution in [0.15, 0.2) is 34.9 Å². The summed E-state index contributed by atoms with van der Waals surface area (Å²) in [5.74, 6) is -1.73. The number of carbonyl (C=O) groups is 3. The predicted octanol–water partition coefficient (Wildman–Crippen LogP) is 1.75. The quantitative estimate of drug-likeness (QED) is 0.876. The Morgan fingerprint density at radius 3 is 2.67 bits per heavy atom. The molecule has 0 aliphatic heterocycles. The number of carboxylic acid groups (broad SMARTS) is 1. The lowest BCUT2D eigenvalue weighted by Crippen LogP contribution is -2.34. The molecule has 0 aliphatic carbocycles. The molecule has 21 heavy (non-hydrogen) atoms. The third-order valence-corrected chi connectivity index (χ3v) is 3.53. The molecule has 7 nitrogen and oxygen atoms in total. The zero-order valence-corrected chi connectivity index (χ0v) is 11.8. The van der Waals surface area contributed by atoms with Gasteiger partial charge >= 0.3 is 5.97 Å². The number of furan rings is 1. The van der Waals surface area contributed by atoms with Crippen molar-refractivity contribution in [2.45, 2.75) is 0 Å². The van der Waals surface area contributed by atoms with Crippen molar-refractivity contribution in [3.63, 3.8) is 0 Å². The van der Waals surface area contributed by atoms with E-state index in [0.717, 1.165) is 11.3 Å². The minimum atomic E-state index is -1.05. The van der Waals surface area contributed by atoms with Gasteiger partial charge in [-0.15, -0.1) is 11.3 Å². The van der Waals surface area contributed by atoms with Gasteiger partial charge in [-0.2, -0.15) is 0 Å². The van der Waals surface area contributed by atoms with E-state index in [-0.39, 0.29) is 17.2 Å². The van der Waals surface area contributed by atoms with Gasteiger partial charge < -0.3 is 19.7 Å². The summed E-state index contributed by atoms with van der Waals surface area (Å²) in [4.78, 5) is 35.7. The number of amides is 2. The van der Waals surface area contributed by atoms with E-state index < -0.39 is 17.8 Å². The van der Waals surface area contributed by atoms with Gasteiger partial charge in [-0.25, -0.2) is 4.79 Å². The van der Waals surface area contributed by atoms with Gasteiger partial charge in [-0.3, -0.25) is 9.59 Å². The fourth-order valence-electron chi connectivity index (χ4n) is 1.57. The van der Waals surface area contributed by atoms with Gasteiger partial charge in [0.1, 0.15) is 4.88 Å². The summed E-state index contributed by atoms with van der Waals surface area (Å²) in [6.45, 7) is -0.167. The summed E-state index contributed by atoms with van der Waals surface area (Å²) in [5.41, 5.74) is 0. The molecule has 0 radical (unpaired) electrons. The van der Waals surface area contributed by atoms with Crippen molar-refractivity contribution in [3.05, 3.63) is 41.2 Å². The Hall–Kier alpha value is -2.61. The number of nitrogens with zero attached hydrogens (tertiary/aromatic N) is 1. The van der Waals surface area contributed by atoms with Crippen LogP contribution in [0.3, 0.4) is 0 Å². The van der Waals surface area contributed by atoms with Crippen LogP contribution in [0.5, 0.6) is 0 Å². The Morgan fingerprint density at radius 1 is 1.33 bits per heavy atom. The van der Waals surface area contributed by atoms with Gasteiger partial charge in [0.15, 0.2) is 5.76 Å². The summed E-state index contributed by atoms with van der Waals surface area (Å²) in [5, 5.41) is 11.7. The number of rotatable bonds is 5. The van der Waals surface area contributed by atoms with Gasteiger partial charge in [0.05, 0.1) is 17.8 Å². The van der Waals surface area contributed by atoms with Gasteiger partial charge in [-0.1, -0.05) is 0 Å². The van der Waals surface area contributed by atoms with Crippen molar-refractivity contribution in [2.24, 2.45) is 0 Å². The van der Waals surface area contributed by atoms with Crippen molar-refractivity contribution < 1.29 is 23.9 Å². The molecule has 2 rings (SSSR count). The number of carboxylic acids is 1. The maximum absolute atomic E-state index is 11.9. The maximum Gasteiger partial charge on any atom is 0.345 e. The van der Waals surface area contributed by atoms with Crippen LogP contribution in [0.25, 0.3) is 0 Å². The minimum Gasteiger partial charge on any atom is -0.477 e. The molecular formula is C13H12N2O5S. The van der Waals surface area contributed by atoms with E-state index in [1.165, 1.54) is 36.4 Å². The molecule has 0 saturated heterocycles. The highest BCUT2D eigenvalue weighted by atomic mass is 32.1. The second-order valence-electron chi connectivity index (χ2n) is 4.16. The van der Waals surface area contributed by atoms with Crippen LogP contribution in [-0.2, 0) is 4.79 Å². The largest absolute Gasteiger partial charge is 0.477 e. The number of aromatic carboxylic acids is 1. The number of hydrogen-bond donors (Lipinski definition) is 2. The van der Waals surface area contributed by atoms with Crippen LogP contribution in [0.2, 0.25) is 0 Å². The number of likely N-dealkylation sites (N-methyl/N-ethyl adjacent to an activating group) is 1. The molecule has 0 atom stereocenters. The van der Waals surface area contributed by atoms with E-state index in [9.17, 15) is 14.4 Å². The van der Waals surface area contributed by atoms with E-state index in [4.69, 9.17) is 9.52 Å². The molecule has 2 aromatic rings.